The molecule has 0 N–H and O–H groups in total. The van der Waals surface area contributed by atoms with E-state index >= 15 is 0 Å². The number of hydrogen-bond acceptors (Lipinski definition) is 2. The number of nitrogens with zero attached hydrogens (tertiary/aromatic N) is 1. The van der Waals surface area contributed by atoms with E-state index in [1.165, 1.54) is 0 Å². The molecule has 0 aromatic rings. The van der Waals surface area contributed by atoms with E-state index in [9.17, 15) is 4.79 Å². The highest BCUT2D eigenvalue weighted by Gasteiger charge is 2.06. The van der Waals surface area contributed by atoms with E-state index in [-0.39, 0.29) is 12.0 Å². The van der Waals surface area contributed by atoms with Crippen molar-refractivity contribution >= 4 is 5.91 Å². The van der Waals surface area contributed by atoms with E-state index in [4.69, 9.17) is 4.74 Å². The zero-order chi connectivity index (χ0) is 8.15. The number of amides is 1. The van der Waals surface area contributed by atoms with Gasteiger partial charge >= 0.3 is 0 Å². The van der Waals surface area contributed by atoms with E-state index in [0.29, 0.717) is 6.54 Å². The van der Waals surface area contributed by atoms with Crippen molar-refractivity contribution < 1.29 is 9.53 Å². The first-order valence-electron chi connectivity index (χ1n) is 3.32. The molecule has 0 fully saturated rings. The Kier molecular flexibility index (Phi) is 4.03. The Hall–Kier alpha value is -0.570. The summed E-state index contributed by atoms with van der Waals surface area (Å²) in [5.74, 6) is 0.0731. The van der Waals surface area contributed by atoms with Crippen LogP contribution in [0.2, 0.25) is 0 Å². The third-order valence-electron chi connectivity index (χ3n) is 1.47. The molecule has 1 amide bonds. The maximum atomic E-state index is 10.7. The van der Waals surface area contributed by atoms with Crippen LogP contribution < -0.4 is 0 Å². The van der Waals surface area contributed by atoms with Gasteiger partial charge in [0.2, 0.25) is 5.91 Å². The Morgan fingerprint density at radius 2 is 2.20 bits per heavy atom. The molecule has 3 heteroatoms. The number of carbonyl (C=O) groups is 1. The molecule has 0 aliphatic heterocycles. The fraction of sp³-hybridized carbons (Fsp3) is 0.857. The van der Waals surface area contributed by atoms with Crippen molar-refractivity contribution in [2.24, 2.45) is 0 Å². The summed E-state index contributed by atoms with van der Waals surface area (Å²) in [5.41, 5.74) is 0. The number of ether oxygens (including phenoxy) is 1. The molecule has 0 saturated carbocycles. The normalized spacial score (nSPS) is 12.8. The van der Waals surface area contributed by atoms with Gasteiger partial charge in [-0.25, -0.2) is 0 Å². The van der Waals surface area contributed by atoms with Gasteiger partial charge < -0.3 is 9.64 Å². The van der Waals surface area contributed by atoms with Crippen LogP contribution in [0.3, 0.4) is 0 Å². The van der Waals surface area contributed by atoms with Gasteiger partial charge in [0.1, 0.15) is 0 Å². The molecule has 0 aromatic carbocycles. The fourth-order valence-corrected chi connectivity index (χ4v) is 0.589. The molecule has 60 valence electrons. The predicted molar refractivity (Wildman–Crippen MR) is 39.8 cm³/mol. The SMILES string of the molecule is COC(C)CN(C)C(C)=O. The van der Waals surface area contributed by atoms with Crippen LogP contribution in [0.25, 0.3) is 0 Å². The minimum Gasteiger partial charge on any atom is -0.380 e. The summed E-state index contributed by atoms with van der Waals surface area (Å²) in [4.78, 5) is 12.3. The molecule has 0 rings (SSSR count). The van der Waals surface area contributed by atoms with Crippen molar-refractivity contribution in [1.29, 1.82) is 0 Å². The lowest BCUT2D eigenvalue weighted by Crippen LogP contribution is -2.31. The van der Waals surface area contributed by atoms with Gasteiger partial charge in [-0.05, 0) is 6.92 Å². The van der Waals surface area contributed by atoms with Gasteiger partial charge in [-0.3, -0.25) is 4.79 Å². The fourth-order valence-electron chi connectivity index (χ4n) is 0.589. The van der Waals surface area contributed by atoms with Gasteiger partial charge in [-0.1, -0.05) is 0 Å². The van der Waals surface area contributed by atoms with E-state index < -0.39 is 0 Å². The van der Waals surface area contributed by atoms with Gasteiger partial charge in [0.05, 0.1) is 6.10 Å². The third-order valence-corrected chi connectivity index (χ3v) is 1.47. The smallest absolute Gasteiger partial charge is 0.219 e. The number of carbonyl (C=O) groups excluding carboxylic acids is 1. The minimum atomic E-state index is 0.0731. The average Bonchev–Trinajstić information content (AvgIpc) is 1.87. The van der Waals surface area contributed by atoms with E-state index in [0.717, 1.165) is 0 Å². The van der Waals surface area contributed by atoms with E-state index in [1.54, 1.807) is 26.0 Å². The summed E-state index contributed by atoms with van der Waals surface area (Å²) in [6, 6.07) is 0. The van der Waals surface area contributed by atoms with Crippen molar-refractivity contribution in [1.82, 2.24) is 4.90 Å². The number of rotatable bonds is 3. The van der Waals surface area contributed by atoms with Crippen LogP contribution >= 0.6 is 0 Å². The van der Waals surface area contributed by atoms with Gasteiger partial charge in [0.15, 0.2) is 0 Å². The molecule has 0 bridgehead atoms. The number of hydrogen-bond donors (Lipinski definition) is 0. The highest BCUT2D eigenvalue weighted by Crippen LogP contribution is 1.91. The molecular formula is C7H15NO2. The van der Waals surface area contributed by atoms with Crippen LogP contribution in [0.4, 0.5) is 0 Å². The largest absolute Gasteiger partial charge is 0.380 e. The predicted octanol–water partition coefficient (Wildman–Crippen LogP) is 0.500. The molecule has 0 aliphatic carbocycles. The van der Waals surface area contributed by atoms with Crippen molar-refractivity contribution in [2.45, 2.75) is 20.0 Å². The average molecular weight is 145 g/mol. The highest BCUT2D eigenvalue weighted by molar-refractivity contribution is 5.72. The first kappa shape index (κ1) is 9.43. The molecule has 1 atom stereocenters. The van der Waals surface area contributed by atoms with E-state index in [2.05, 4.69) is 0 Å². The monoisotopic (exact) mass is 145 g/mol. The summed E-state index contributed by atoms with van der Waals surface area (Å²) in [5, 5.41) is 0. The molecule has 0 aliphatic rings. The van der Waals surface area contributed by atoms with E-state index in [1.807, 2.05) is 6.92 Å². The Morgan fingerprint density at radius 1 is 1.70 bits per heavy atom. The highest BCUT2D eigenvalue weighted by atomic mass is 16.5. The lowest BCUT2D eigenvalue weighted by Gasteiger charge is -2.18. The zero-order valence-electron chi connectivity index (χ0n) is 7.05. The van der Waals surface area contributed by atoms with Crippen molar-refractivity contribution in [2.75, 3.05) is 20.7 Å². The van der Waals surface area contributed by atoms with Crippen molar-refractivity contribution in [3.05, 3.63) is 0 Å². The maximum Gasteiger partial charge on any atom is 0.219 e. The maximum absolute atomic E-state index is 10.7. The van der Waals surface area contributed by atoms with Crippen molar-refractivity contribution in [3.63, 3.8) is 0 Å². The van der Waals surface area contributed by atoms with Gasteiger partial charge in [-0.2, -0.15) is 0 Å². The molecule has 0 saturated heterocycles. The molecular weight excluding hydrogens is 130 g/mol. The first-order chi connectivity index (χ1) is 4.57. The first-order valence-corrected chi connectivity index (χ1v) is 3.32. The summed E-state index contributed by atoms with van der Waals surface area (Å²) in [6.07, 6.45) is 0.119. The third kappa shape index (κ3) is 3.45. The topological polar surface area (TPSA) is 29.5 Å². The van der Waals surface area contributed by atoms with Crippen LogP contribution in [0.15, 0.2) is 0 Å². The minimum absolute atomic E-state index is 0.0731. The quantitative estimate of drug-likeness (QED) is 0.578. The van der Waals surface area contributed by atoms with Gasteiger partial charge in [-0.15, -0.1) is 0 Å². The Balaban J connectivity index is 3.56. The summed E-state index contributed by atoms with van der Waals surface area (Å²) in [6.45, 7) is 4.13. The van der Waals surface area contributed by atoms with Crippen LogP contribution in [0, 0.1) is 0 Å². The van der Waals surface area contributed by atoms with Gasteiger partial charge in [0.25, 0.3) is 0 Å². The van der Waals surface area contributed by atoms with Gasteiger partial charge in [0, 0.05) is 27.6 Å². The number of methoxy groups -OCH3 is 1. The molecule has 0 aromatic heterocycles. The van der Waals surface area contributed by atoms with Crippen LogP contribution in [-0.2, 0) is 9.53 Å². The van der Waals surface area contributed by atoms with Crippen LogP contribution in [-0.4, -0.2) is 37.6 Å². The molecule has 0 spiro atoms. The number of likely N-dealkylation sites (N-methyl/N-ethyl adjacent to an activating group) is 1. The lowest BCUT2D eigenvalue weighted by molar-refractivity contribution is -0.128. The summed E-state index contributed by atoms with van der Waals surface area (Å²) >= 11 is 0. The van der Waals surface area contributed by atoms with Crippen LogP contribution in [0.5, 0.6) is 0 Å². The lowest BCUT2D eigenvalue weighted by atomic mass is 10.4. The Morgan fingerprint density at radius 3 is 2.50 bits per heavy atom. The van der Waals surface area contributed by atoms with Crippen molar-refractivity contribution in [3.8, 4) is 0 Å². The Labute approximate surface area is 62.0 Å². The standard InChI is InChI=1S/C7H15NO2/c1-6(10-4)5-8(3)7(2)9/h6H,5H2,1-4H3. The summed E-state index contributed by atoms with van der Waals surface area (Å²) in [7, 11) is 3.40. The molecule has 1 unspecified atom stereocenters. The second-order valence-electron chi connectivity index (χ2n) is 2.45. The Bertz CT molecular complexity index is 114. The second kappa shape index (κ2) is 4.28. The molecule has 10 heavy (non-hydrogen) atoms. The van der Waals surface area contributed by atoms with Crippen LogP contribution in [0.1, 0.15) is 13.8 Å². The molecule has 0 radical (unpaired) electrons. The summed E-state index contributed by atoms with van der Waals surface area (Å²) < 4.78 is 4.98. The zero-order valence-corrected chi connectivity index (χ0v) is 7.05. The molecule has 0 heterocycles. The second-order valence-corrected chi connectivity index (χ2v) is 2.45. The molecule has 3 nitrogen and oxygen atoms in total.